The molecular weight excluding hydrogens is 390 g/mol. The van der Waals surface area contributed by atoms with Gasteiger partial charge in [-0.3, -0.25) is 14.4 Å². The fraction of sp³-hybridized carbons (Fsp3) is 0.0952. The standard InChI is InChI=1S/C21H15N3O6/c1-11-8-17(23-30-11)24-19(26)15-7-6-12(10-16(15)20(24)27)18(25)22-14-5-3-4-13(9-14)21(28)29-2/h3-10H,1-2H3,(H,22,25). The van der Waals surface area contributed by atoms with Crippen LogP contribution in [0.15, 0.2) is 53.1 Å². The Morgan fingerprint density at radius 2 is 1.77 bits per heavy atom. The van der Waals surface area contributed by atoms with Gasteiger partial charge in [0.2, 0.25) is 0 Å². The van der Waals surface area contributed by atoms with Gasteiger partial charge in [-0.05, 0) is 43.3 Å². The summed E-state index contributed by atoms with van der Waals surface area (Å²) in [6.07, 6.45) is 0. The summed E-state index contributed by atoms with van der Waals surface area (Å²) < 4.78 is 9.61. The predicted molar refractivity (Wildman–Crippen MR) is 105 cm³/mol. The first-order chi connectivity index (χ1) is 14.4. The molecule has 9 nitrogen and oxygen atoms in total. The van der Waals surface area contributed by atoms with Gasteiger partial charge in [-0.2, -0.15) is 0 Å². The van der Waals surface area contributed by atoms with E-state index in [0.29, 0.717) is 11.4 Å². The number of carbonyl (C=O) groups excluding carboxylic acids is 4. The molecule has 1 aliphatic rings. The predicted octanol–water partition coefficient (Wildman–Crippen LogP) is 2.82. The van der Waals surface area contributed by atoms with Crippen LogP contribution in [0.25, 0.3) is 0 Å². The molecule has 1 aromatic heterocycles. The highest BCUT2D eigenvalue weighted by Gasteiger charge is 2.38. The van der Waals surface area contributed by atoms with E-state index in [2.05, 4.69) is 15.2 Å². The number of hydrogen-bond donors (Lipinski definition) is 1. The molecule has 0 saturated carbocycles. The summed E-state index contributed by atoms with van der Waals surface area (Å²) in [5.41, 5.74) is 1.10. The summed E-state index contributed by atoms with van der Waals surface area (Å²) in [7, 11) is 1.26. The average Bonchev–Trinajstić information content (AvgIpc) is 3.28. The maximum absolute atomic E-state index is 12.7. The molecule has 0 unspecified atom stereocenters. The fourth-order valence-corrected chi connectivity index (χ4v) is 3.09. The highest BCUT2D eigenvalue weighted by atomic mass is 16.5. The number of carbonyl (C=O) groups is 4. The molecule has 0 atom stereocenters. The number of imide groups is 1. The first-order valence-corrected chi connectivity index (χ1v) is 8.85. The van der Waals surface area contributed by atoms with Crippen LogP contribution < -0.4 is 10.2 Å². The zero-order chi connectivity index (χ0) is 21.4. The molecule has 2 aromatic carbocycles. The second-order valence-electron chi connectivity index (χ2n) is 6.53. The molecule has 30 heavy (non-hydrogen) atoms. The average molecular weight is 405 g/mol. The molecule has 2 heterocycles. The topological polar surface area (TPSA) is 119 Å². The zero-order valence-electron chi connectivity index (χ0n) is 16.0. The van der Waals surface area contributed by atoms with Crippen LogP contribution >= 0.6 is 0 Å². The third-order valence-corrected chi connectivity index (χ3v) is 4.53. The summed E-state index contributed by atoms with van der Waals surface area (Å²) in [6, 6.07) is 11.9. The second-order valence-corrected chi connectivity index (χ2v) is 6.53. The SMILES string of the molecule is COC(=O)c1cccc(NC(=O)c2ccc3c(c2)C(=O)N(c2cc(C)on2)C3=O)c1. The summed E-state index contributed by atoms with van der Waals surface area (Å²) >= 11 is 0. The van der Waals surface area contributed by atoms with Gasteiger partial charge in [0.1, 0.15) is 5.76 Å². The van der Waals surface area contributed by atoms with Crippen LogP contribution in [-0.2, 0) is 4.74 Å². The van der Waals surface area contributed by atoms with Crippen molar-refractivity contribution in [2.45, 2.75) is 6.92 Å². The highest BCUT2D eigenvalue weighted by Crippen LogP contribution is 2.29. The van der Waals surface area contributed by atoms with Gasteiger partial charge in [-0.15, -0.1) is 0 Å². The van der Waals surface area contributed by atoms with Crippen molar-refractivity contribution in [2.24, 2.45) is 0 Å². The normalized spacial score (nSPS) is 12.7. The van der Waals surface area contributed by atoms with E-state index in [1.807, 2.05) is 0 Å². The van der Waals surface area contributed by atoms with Gasteiger partial charge in [-0.25, -0.2) is 9.69 Å². The van der Waals surface area contributed by atoms with E-state index in [-0.39, 0.29) is 28.1 Å². The minimum absolute atomic E-state index is 0.0873. The molecule has 1 N–H and O–H groups in total. The van der Waals surface area contributed by atoms with Gasteiger partial charge < -0.3 is 14.6 Å². The van der Waals surface area contributed by atoms with Gasteiger partial charge in [-0.1, -0.05) is 11.2 Å². The number of methoxy groups -OCH3 is 1. The van der Waals surface area contributed by atoms with E-state index in [1.165, 1.54) is 37.4 Å². The Morgan fingerprint density at radius 3 is 2.47 bits per heavy atom. The van der Waals surface area contributed by atoms with Gasteiger partial charge >= 0.3 is 5.97 Å². The number of fused-ring (bicyclic) bond motifs is 1. The van der Waals surface area contributed by atoms with Gasteiger partial charge in [0.15, 0.2) is 5.82 Å². The summed E-state index contributed by atoms with van der Waals surface area (Å²) in [4.78, 5) is 50.5. The Kier molecular flexibility index (Phi) is 4.63. The molecule has 1 aliphatic heterocycles. The number of amides is 3. The number of benzene rings is 2. The molecule has 0 bridgehead atoms. The maximum Gasteiger partial charge on any atom is 0.337 e. The fourth-order valence-electron chi connectivity index (χ4n) is 3.09. The minimum Gasteiger partial charge on any atom is -0.465 e. The van der Waals surface area contributed by atoms with Gasteiger partial charge in [0.05, 0.1) is 23.8 Å². The molecular formula is C21H15N3O6. The lowest BCUT2D eigenvalue weighted by Gasteiger charge is -2.08. The molecule has 0 saturated heterocycles. The summed E-state index contributed by atoms with van der Waals surface area (Å²) in [6.45, 7) is 1.65. The largest absolute Gasteiger partial charge is 0.465 e. The van der Waals surface area contributed by atoms with Crippen molar-refractivity contribution in [1.29, 1.82) is 0 Å². The van der Waals surface area contributed by atoms with Crippen LogP contribution in [-0.4, -0.2) is 36.0 Å². The molecule has 4 rings (SSSR count). The summed E-state index contributed by atoms with van der Waals surface area (Å²) in [5, 5.41) is 6.37. The van der Waals surface area contributed by atoms with Crippen LogP contribution in [0, 0.1) is 6.92 Å². The van der Waals surface area contributed by atoms with Gasteiger partial charge in [0, 0.05) is 17.3 Å². The Balaban J connectivity index is 1.59. The molecule has 0 fully saturated rings. The number of rotatable bonds is 4. The minimum atomic E-state index is -0.592. The van der Waals surface area contributed by atoms with Crippen molar-refractivity contribution < 1.29 is 28.4 Å². The Bertz CT molecular complexity index is 1210. The number of nitrogens with one attached hydrogen (secondary N) is 1. The smallest absolute Gasteiger partial charge is 0.337 e. The second kappa shape index (κ2) is 7.28. The number of ether oxygens (including phenoxy) is 1. The third-order valence-electron chi connectivity index (χ3n) is 4.53. The van der Waals surface area contributed by atoms with Crippen LogP contribution in [0.5, 0.6) is 0 Å². The number of nitrogens with zero attached hydrogens (tertiary/aromatic N) is 2. The quantitative estimate of drug-likeness (QED) is 0.524. The van der Waals surface area contributed by atoms with Crippen molar-refractivity contribution in [2.75, 3.05) is 17.3 Å². The van der Waals surface area contributed by atoms with E-state index in [4.69, 9.17) is 4.52 Å². The van der Waals surface area contributed by atoms with Crippen molar-refractivity contribution in [1.82, 2.24) is 5.16 Å². The number of hydrogen-bond acceptors (Lipinski definition) is 7. The lowest BCUT2D eigenvalue weighted by atomic mass is 10.1. The summed E-state index contributed by atoms with van der Waals surface area (Å²) in [5.74, 6) is -1.63. The van der Waals surface area contributed by atoms with Crippen LogP contribution in [0.4, 0.5) is 11.5 Å². The van der Waals surface area contributed by atoms with E-state index in [0.717, 1.165) is 4.90 Å². The first-order valence-electron chi connectivity index (χ1n) is 8.85. The highest BCUT2D eigenvalue weighted by molar-refractivity contribution is 6.34. The molecule has 150 valence electrons. The number of aryl methyl sites for hydroxylation is 1. The third kappa shape index (κ3) is 3.22. The van der Waals surface area contributed by atoms with Crippen molar-refractivity contribution in [3.8, 4) is 0 Å². The monoisotopic (exact) mass is 405 g/mol. The van der Waals surface area contributed by atoms with E-state index in [1.54, 1.807) is 25.1 Å². The molecule has 0 spiro atoms. The first kappa shape index (κ1) is 19.1. The van der Waals surface area contributed by atoms with Crippen molar-refractivity contribution in [3.05, 3.63) is 76.5 Å². The van der Waals surface area contributed by atoms with Crippen molar-refractivity contribution in [3.63, 3.8) is 0 Å². The van der Waals surface area contributed by atoms with E-state index >= 15 is 0 Å². The van der Waals surface area contributed by atoms with Crippen LogP contribution in [0.3, 0.4) is 0 Å². The van der Waals surface area contributed by atoms with Crippen molar-refractivity contribution >= 4 is 35.2 Å². The van der Waals surface area contributed by atoms with Crippen LogP contribution in [0.1, 0.15) is 47.2 Å². The molecule has 0 radical (unpaired) electrons. The number of aromatic nitrogens is 1. The molecule has 3 aromatic rings. The van der Waals surface area contributed by atoms with E-state index in [9.17, 15) is 19.2 Å². The Labute approximate surface area is 170 Å². The lowest BCUT2D eigenvalue weighted by Crippen LogP contribution is -2.29. The molecule has 3 amide bonds. The maximum atomic E-state index is 12.7. The Hall–Kier alpha value is -4.27. The number of anilines is 2. The van der Waals surface area contributed by atoms with Crippen LogP contribution in [0.2, 0.25) is 0 Å². The lowest BCUT2D eigenvalue weighted by molar-refractivity contribution is 0.0600. The molecule has 0 aliphatic carbocycles. The molecule has 9 heteroatoms. The van der Waals surface area contributed by atoms with Gasteiger partial charge in [0.25, 0.3) is 17.7 Å². The Morgan fingerprint density at radius 1 is 1.00 bits per heavy atom. The number of esters is 1. The van der Waals surface area contributed by atoms with E-state index < -0.39 is 23.7 Å². The zero-order valence-corrected chi connectivity index (χ0v) is 16.0.